The number of carbonyl (C=O) groups is 3. The van der Waals surface area contributed by atoms with Crippen LogP contribution in [-0.2, 0) is 14.4 Å². The Morgan fingerprint density at radius 2 is 2.14 bits per heavy atom. The summed E-state index contributed by atoms with van der Waals surface area (Å²) in [6.07, 6.45) is 0.0726. The van der Waals surface area contributed by atoms with Crippen LogP contribution in [-0.4, -0.2) is 39.9 Å². The highest BCUT2D eigenvalue weighted by molar-refractivity contribution is 8.00. The van der Waals surface area contributed by atoms with E-state index in [-0.39, 0.29) is 24.0 Å². The Morgan fingerprint density at radius 3 is 2.77 bits per heavy atom. The second-order valence-corrected chi connectivity index (χ2v) is 6.56. The first kappa shape index (κ1) is 16.5. The van der Waals surface area contributed by atoms with E-state index in [0.29, 0.717) is 5.69 Å². The molecule has 1 aliphatic heterocycles. The number of carboxylic acid groups (broad SMARTS) is 1. The summed E-state index contributed by atoms with van der Waals surface area (Å²) in [4.78, 5) is 36.6. The summed E-state index contributed by atoms with van der Waals surface area (Å²) >= 11 is 1.12. The van der Waals surface area contributed by atoms with Gasteiger partial charge in [-0.25, -0.2) is 4.90 Å². The SMILES string of the molecule is Cc1ccc(C)c(N2C(=O)C[C@@H](SC[C@@H](N)C(=O)O)C2=O)c1. The third-order valence-corrected chi connectivity index (χ3v) is 4.83. The molecule has 0 spiro atoms. The molecule has 0 unspecified atom stereocenters. The van der Waals surface area contributed by atoms with Gasteiger partial charge in [-0.2, -0.15) is 0 Å². The quantitative estimate of drug-likeness (QED) is 0.787. The summed E-state index contributed by atoms with van der Waals surface area (Å²) in [7, 11) is 0. The second-order valence-electron chi connectivity index (χ2n) is 5.33. The van der Waals surface area contributed by atoms with E-state index in [4.69, 9.17) is 10.8 Å². The summed E-state index contributed by atoms with van der Waals surface area (Å²) in [6.45, 7) is 3.74. The second kappa shape index (κ2) is 6.50. The van der Waals surface area contributed by atoms with Crippen molar-refractivity contribution in [3.8, 4) is 0 Å². The van der Waals surface area contributed by atoms with Crippen molar-refractivity contribution in [2.24, 2.45) is 5.73 Å². The number of hydrogen-bond acceptors (Lipinski definition) is 5. The average molecular weight is 322 g/mol. The van der Waals surface area contributed by atoms with Gasteiger partial charge in [0.1, 0.15) is 6.04 Å². The molecule has 22 heavy (non-hydrogen) atoms. The van der Waals surface area contributed by atoms with E-state index in [9.17, 15) is 14.4 Å². The van der Waals surface area contributed by atoms with Crippen molar-refractivity contribution in [2.75, 3.05) is 10.7 Å². The molecule has 1 saturated heterocycles. The Labute approximate surface area is 132 Å². The summed E-state index contributed by atoms with van der Waals surface area (Å²) in [6, 6.07) is 4.55. The number of imide groups is 1. The van der Waals surface area contributed by atoms with Crippen LogP contribution in [0.2, 0.25) is 0 Å². The molecule has 1 heterocycles. The topological polar surface area (TPSA) is 101 Å². The first-order valence-corrected chi connectivity index (χ1v) is 7.90. The van der Waals surface area contributed by atoms with Gasteiger partial charge in [-0.05, 0) is 31.0 Å². The van der Waals surface area contributed by atoms with Crippen LogP contribution in [0.25, 0.3) is 0 Å². The molecule has 1 aromatic carbocycles. The zero-order chi connectivity index (χ0) is 16.4. The van der Waals surface area contributed by atoms with Crippen molar-refractivity contribution < 1.29 is 19.5 Å². The third kappa shape index (κ3) is 3.31. The maximum absolute atomic E-state index is 12.5. The monoisotopic (exact) mass is 322 g/mol. The minimum atomic E-state index is -1.12. The van der Waals surface area contributed by atoms with Gasteiger partial charge in [-0.15, -0.1) is 11.8 Å². The van der Waals surface area contributed by atoms with Crippen LogP contribution in [0, 0.1) is 13.8 Å². The largest absolute Gasteiger partial charge is 0.480 e. The van der Waals surface area contributed by atoms with Crippen molar-refractivity contribution in [3.05, 3.63) is 29.3 Å². The molecule has 0 aromatic heterocycles. The fourth-order valence-electron chi connectivity index (χ4n) is 2.24. The highest BCUT2D eigenvalue weighted by atomic mass is 32.2. The molecule has 7 heteroatoms. The molecular formula is C15H18N2O4S. The van der Waals surface area contributed by atoms with Gasteiger partial charge in [0, 0.05) is 12.2 Å². The van der Waals surface area contributed by atoms with Gasteiger partial charge in [0.2, 0.25) is 11.8 Å². The number of nitrogens with zero attached hydrogens (tertiary/aromatic N) is 1. The lowest BCUT2D eigenvalue weighted by Gasteiger charge is -2.18. The lowest BCUT2D eigenvalue weighted by atomic mass is 10.1. The van der Waals surface area contributed by atoms with E-state index < -0.39 is 17.3 Å². The number of aliphatic carboxylic acids is 1. The molecule has 1 aliphatic rings. The number of amides is 2. The number of aryl methyl sites for hydroxylation is 2. The molecule has 0 radical (unpaired) electrons. The van der Waals surface area contributed by atoms with Crippen molar-refractivity contribution >= 4 is 35.2 Å². The number of hydrogen-bond donors (Lipinski definition) is 2. The molecule has 1 fully saturated rings. The fourth-order valence-corrected chi connectivity index (χ4v) is 3.33. The van der Waals surface area contributed by atoms with Crippen LogP contribution in [0.5, 0.6) is 0 Å². The predicted molar refractivity (Wildman–Crippen MR) is 84.9 cm³/mol. The van der Waals surface area contributed by atoms with Gasteiger partial charge < -0.3 is 10.8 Å². The van der Waals surface area contributed by atoms with E-state index >= 15 is 0 Å². The van der Waals surface area contributed by atoms with Crippen LogP contribution in [0.1, 0.15) is 17.5 Å². The fraction of sp³-hybridized carbons (Fsp3) is 0.400. The molecule has 6 nitrogen and oxygen atoms in total. The molecular weight excluding hydrogens is 304 g/mol. The smallest absolute Gasteiger partial charge is 0.321 e. The van der Waals surface area contributed by atoms with E-state index in [1.54, 1.807) is 6.07 Å². The van der Waals surface area contributed by atoms with Crippen LogP contribution in [0.4, 0.5) is 5.69 Å². The third-order valence-electron chi connectivity index (χ3n) is 3.50. The number of nitrogens with two attached hydrogens (primary N) is 1. The van der Waals surface area contributed by atoms with Crippen LogP contribution < -0.4 is 10.6 Å². The Bertz CT molecular complexity index is 632. The molecule has 2 atom stereocenters. The molecule has 1 aromatic rings. The van der Waals surface area contributed by atoms with Crippen LogP contribution in [0.3, 0.4) is 0 Å². The lowest BCUT2D eigenvalue weighted by Crippen LogP contribution is -2.35. The number of rotatable bonds is 5. The molecule has 0 bridgehead atoms. The lowest BCUT2D eigenvalue weighted by molar-refractivity contribution is -0.138. The van der Waals surface area contributed by atoms with Crippen molar-refractivity contribution in [2.45, 2.75) is 31.6 Å². The number of anilines is 1. The van der Waals surface area contributed by atoms with Gasteiger partial charge in [0.15, 0.2) is 0 Å². The highest BCUT2D eigenvalue weighted by Crippen LogP contribution is 2.32. The standard InChI is InChI=1S/C15H18N2O4S/c1-8-3-4-9(2)11(5-8)17-13(18)6-12(14(17)19)22-7-10(16)15(20)21/h3-5,10,12H,6-7,16H2,1-2H3,(H,20,21)/t10-,12-/m1/s1. The number of carboxylic acids is 1. The number of carbonyl (C=O) groups excluding carboxylic acids is 2. The van der Waals surface area contributed by atoms with Crippen LogP contribution >= 0.6 is 11.8 Å². The van der Waals surface area contributed by atoms with E-state index in [1.165, 1.54) is 4.90 Å². The van der Waals surface area contributed by atoms with E-state index in [0.717, 1.165) is 22.9 Å². The Morgan fingerprint density at radius 1 is 1.45 bits per heavy atom. The van der Waals surface area contributed by atoms with Crippen molar-refractivity contribution in [3.63, 3.8) is 0 Å². The Kier molecular flexibility index (Phi) is 4.87. The molecule has 3 N–H and O–H groups in total. The molecule has 2 rings (SSSR count). The average Bonchev–Trinajstić information content (AvgIpc) is 2.73. The summed E-state index contributed by atoms with van der Waals surface area (Å²) in [5, 5.41) is 8.20. The van der Waals surface area contributed by atoms with Gasteiger partial charge in [0.25, 0.3) is 0 Å². The normalized spacial score (nSPS) is 19.6. The Balaban J connectivity index is 2.15. The first-order chi connectivity index (χ1) is 10.3. The zero-order valence-electron chi connectivity index (χ0n) is 12.4. The minimum Gasteiger partial charge on any atom is -0.480 e. The van der Waals surface area contributed by atoms with Crippen molar-refractivity contribution in [1.29, 1.82) is 0 Å². The first-order valence-electron chi connectivity index (χ1n) is 6.85. The van der Waals surface area contributed by atoms with E-state index in [1.807, 2.05) is 26.0 Å². The predicted octanol–water partition coefficient (Wildman–Crippen LogP) is 1.08. The maximum atomic E-state index is 12.5. The summed E-state index contributed by atoms with van der Waals surface area (Å²) in [5.41, 5.74) is 7.84. The van der Waals surface area contributed by atoms with Crippen molar-refractivity contribution in [1.82, 2.24) is 0 Å². The van der Waals surface area contributed by atoms with E-state index in [2.05, 4.69) is 0 Å². The molecule has 0 aliphatic carbocycles. The molecule has 0 saturated carbocycles. The highest BCUT2D eigenvalue weighted by Gasteiger charge is 2.40. The number of thioether (sulfide) groups is 1. The molecule has 118 valence electrons. The van der Waals surface area contributed by atoms with Gasteiger partial charge in [0.05, 0.1) is 10.9 Å². The van der Waals surface area contributed by atoms with Gasteiger partial charge in [-0.1, -0.05) is 12.1 Å². The molecule has 2 amide bonds. The maximum Gasteiger partial charge on any atom is 0.321 e. The zero-order valence-corrected chi connectivity index (χ0v) is 13.2. The van der Waals surface area contributed by atoms with Gasteiger partial charge in [-0.3, -0.25) is 14.4 Å². The van der Waals surface area contributed by atoms with Crippen LogP contribution in [0.15, 0.2) is 18.2 Å². The van der Waals surface area contributed by atoms with Gasteiger partial charge >= 0.3 is 5.97 Å². The summed E-state index contributed by atoms with van der Waals surface area (Å²) < 4.78 is 0. The Hall–Kier alpha value is -1.86. The summed E-state index contributed by atoms with van der Waals surface area (Å²) in [5.74, 6) is -1.59. The number of benzene rings is 1. The minimum absolute atomic E-state index is 0.0726.